The van der Waals surface area contributed by atoms with Gasteiger partial charge in [0.05, 0.1) is 11.6 Å². The Morgan fingerprint density at radius 2 is 1.77 bits per heavy atom. The van der Waals surface area contributed by atoms with Crippen molar-refractivity contribution in [3.63, 3.8) is 0 Å². The highest BCUT2D eigenvalue weighted by atomic mass is 19.4. The van der Waals surface area contributed by atoms with Gasteiger partial charge in [-0.3, -0.25) is 9.69 Å². The number of hydrogen-bond acceptors (Lipinski definition) is 6. The molecule has 0 bridgehead atoms. The van der Waals surface area contributed by atoms with Gasteiger partial charge in [0.15, 0.2) is 0 Å². The molecular formula is C28H27F4N5O3. The molecular weight excluding hydrogens is 530 g/mol. The third-order valence-electron chi connectivity index (χ3n) is 6.25. The fraction of sp³-hybridized carbons (Fsp3) is 0.286. The number of aromatic nitrogens is 1. The molecule has 8 nitrogen and oxygen atoms in total. The van der Waals surface area contributed by atoms with Crippen molar-refractivity contribution in [2.75, 3.05) is 30.4 Å². The number of alkyl halides is 3. The molecule has 0 radical (unpaired) electrons. The lowest BCUT2D eigenvalue weighted by Gasteiger charge is -2.37. The number of carbonyl (C=O) groups excluding carboxylic acids is 1. The van der Waals surface area contributed by atoms with Crippen molar-refractivity contribution in [1.82, 2.24) is 9.88 Å². The van der Waals surface area contributed by atoms with Crippen molar-refractivity contribution in [3.05, 3.63) is 89.4 Å². The Bertz CT molecular complexity index is 1350. The van der Waals surface area contributed by atoms with E-state index in [1.807, 2.05) is 24.3 Å². The van der Waals surface area contributed by atoms with Gasteiger partial charge in [0, 0.05) is 49.2 Å². The van der Waals surface area contributed by atoms with E-state index in [1.54, 1.807) is 12.3 Å². The van der Waals surface area contributed by atoms with Crippen molar-refractivity contribution >= 4 is 23.4 Å². The number of pyridine rings is 1. The summed E-state index contributed by atoms with van der Waals surface area (Å²) in [7, 11) is 2.13. The fourth-order valence-electron chi connectivity index (χ4n) is 4.17. The molecule has 0 spiro atoms. The van der Waals surface area contributed by atoms with Crippen LogP contribution in [0.1, 0.15) is 34.3 Å². The zero-order valence-electron chi connectivity index (χ0n) is 21.5. The maximum absolute atomic E-state index is 13.1. The SMILES string of the molecule is CN(Cc1cccc(C#N)c1)C1CCN(c2cc(NC(=O)c3ccc(F)cc3)ccn2)CC1.O=C(O)C(F)(F)F. The molecule has 0 unspecified atom stereocenters. The van der Waals surface area contributed by atoms with E-state index in [1.165, 1.54) is 24.3 Å². The summed E-state index contributed by atoms with van der Waals surface area (Å²) in [5.74, 6) is -2.59. The largest absolute Gasteiger partial charge is 0.490 e. The summed E-state index contributed by atoms with van der Waals surface area (Å²) < 4.78 is 44.8. The van der Waals surface area contributed by atoms with Crippen molar-refractivity contribution in [1.29, 1.82) is 5.26 Å². The van der Waals surface area contributed by atoms with E-state index in [0.717, 1.165) is 43.9 Å². The van der Waals surface area contributed by atoms with Crippen molar-refractivity contribution in [3.8, 4) is 6.07 Å². The number of nitrogens with zero attached hydrogens (tertiary/aromatic N) is 4. The van der Waals surface area contributed by atoms with E-state index >= 15 is 0 Å². The number of amides is 1. The van der Waals surface area contributed by atoms with Gasteiger partial charge in [0.2, 0.25) is 0 Å². The van der Waals surface area contributed by atoms with Crippen LogP contribution in [0.2, 0.25) is 0 Å². The number of rotatable bonds is 6. The lowest BCUT2D eigenvalue weighted by molar-refractivity contribution is -0.192. The molecule has 3 aromatic rings. The van der Waals surface area contributed by atoms with Crippen LogP contribution in [-0.2, 0) is 11.3 Å². The Hall–Kier alpha value is -4.50. The van der Waals surface area contributed by atoms with Gasteiger partial charge in [-0.05, 0) is 67.9 Å². The van der Waals surface area contributed by atoms with E-state index in [-0.39, 0.29) is 11.7 Å². The Morgan fingerprint density at radius 1 is 1.12 bits per heavy atom. The number of halogens is 4. The smallest absolute Gasteiger partial charge is 0.475 e. The monoisotopic (exact) mass is 557 g/mol. The van der Waals surface area contributed by atoms with Crippen LogP contribution in [0.4, 0.5) is 29.1 Å². The topological polar surface area (TPSA) is 110 Å². The lowest BCUT2D eigenvalue weighted by atomic mass is 10.0. The standard InChI is InChI=1S/C26H26FN5O.C2HF3O2/c1-31(18-20-4-2-3-19(15-20)17-28)24-10-13-32(14-11-24)25-16-23(9-12-29-25)30-26(33)21-5-7-22(27)8-6-21;3-2(4,5)1(6)7/h2-9,12,15-16,24H,10-11,13-14,18H2,1H3,(H,29,30,33);(H,6,7). The Labute approximate surface area is 228 Å². The van der Waals surface area contributed by atoms with Crippen molar-refractivity contribution in [2.24, 2.45) is 0 Å². The molecule has 1 aliphatic heterocycles. The van der Waals surface area contributed by atoms with Gasteiger partial charge in [-0.1, -0.05) is 12.1 Å². The third-order valence-corrected chi connectivity index (χ3v) is 6.25. The second-order valence-electron chi connectivity index (χ2n) is 9.11. The summed E-state index contributed by atoms with van der Waals surface area (Å²) >= 11 is 0. The minimum atomic E-state index is -5.08. The van der Waals surface area contributed by atoms with Crippen LogP contribution in [0.25, 0.3) is 0 Å². The van der Waals surface area contributed by atoms with Gasteiger partial charge < -0.3 is 15.3 Å². The summed E-state index contributed by atoms with van der Waals surface area (Å²) in [6, 6.07) is 19.5. The van der Waals surface area contributed by atoms with Crippen LogP contribution in [0.15, 0.2) is 66.9 Å². The van der Waals surface area contributed by atoms with Gasteiger partial charge >= 0.3 is 12.1 Å². The van der Waals surface area contributed by atoms with E-state index in [9.17, 15) is 22.4 Å². The normalized spacial score (nSPS) is 13.7. The predicted molar refractivity (Wildman–Crippen MR) is 140 cm³/mol. The quantitative estimate of drug-likeness (QED) is 0.407. The second-order valence-corrected chi connectivity index (χ2v) is 9.11. The minimum Gasteiger partial charge on any atom is -0.475 e. The molecule has 0 atom stereocenters. The first-order valence-electron chi connectivity index (χ1n) is 12.2. The van der Waals surface area contributed by atoms with Gasteiger partial charge in [-0.2, -0.15) is 18.4 Å². The number of carboxylic acid groups (broad SMARTS) is 1. The van der Waals surface area contributed by atoms with E-state index < -0.39 is 12.1 Å². The number of benzene rings is 2. The summed E-state index contributed by atoms with van der Waals surface area (Å²) in [4.78, 5) is 30.4. The van der Waals surface area contributed by atoms with Crippen LogP contribution in [0.3, 0.4) is 0 Å². The maximum atomic E-state index is 13.1. The van der Waals surface area contributed by atoms with Crippen molar-refractivity contribution < 1.29 is 32.3 Å². The Kier molecular flexibility index (Phi) is 10.2. The summed E-state index contributed by atoms with van der Waals surface area (Å²) in [5, 5.41) is 19.1. The third kappa shape index (κ3) is 8.78. The zero-order valence-corrected chi connectivity index (χ0v) is 21.5. The van der Waals surface area contributed by atoms with Crippen LogP contribution >= 0.6 is 0 Å². The van der Waals surface area contributed by atoms with Crippen LogP contribution in [0.5, 0.6) is 0 Å². The predicted octanol–water partition coefficient (Wildman–Crippen LogP) is 5.08. The number of nitrogens with one attached hydrogen (secondary N) is 1. The molecule has 1 aliphatic rings. The molecule has 12 heteroatoms. The molecule has 2 aromatic carbocycles. The Morgan fingerprint density at radius 3 is 2.38 bits per heavy atom. The highest BCUT2D eigenvalue weighted by molar-refractivity contribution is 6.04. The summed E-state index contributed by atoms with van der Waals surface area (Å²) in [6.45, 7) is 2.55. The van der Waals surface area contributed by atoms with Gasteiger partial charge in [0.1, 0.15) is 11.6 Å². The maximum Gasteiger partial charge on any atom is 0.490 e. The number of aliphatic carboxylic acids is 1. The number of carbonyl (C=O) groups is 2. The zero-order chi connectivity index (χ0) is 29.3. The first-order chi connectivity index (χ1) is 19.0. The van der Waals surface area contributed by atoms with Crippen LogP contribution in [0, 0.1) is 17.1 Å². The first kappa shape index (κ1) is 30.0. The van der Waals surface area contributed by atoms with Crippen LogP contribution < -0.4 is 10.2 Å². The number of anilines is 2. The van der Waals surface area contributed by atoms with E-state index in [2.05, 4.69) is 39.3 Å². The number of piperidine rings is 1. The molecule has 0 aliphatic carbocycles. The molecule has 1 aromatic heterocycles. The molecule has 40 heavy (non-hydrogen) atoms. The molecule has 1 saturated heterocycles. The van der Waals surface area contributed by atoms with E-state index in [0.29, 0.717) is 22.9 Å². The van der Waals surface area contributed by atoms with Crippen LogP contribution in [-0.4, -0.2) is 59.2 Å². The first-order valence-corrected chi connectivity index (χ1v) is 12.2. The number of hydrogen-bond donors (Lipinski definition) is 2. The summed E-state index contributed by atoms with van der Waals surface area (Å²) in [5.41, 5.74) is 2.89. The molecule has 0 saturated carbocycles. The number of nitriles is 1. The second kappa shape index (κ2) is 13.5. The molecule has 210 valence electrons. The van der Waals surface area contributed by atoms with Gasteiger partial charge in [-0.25, -0.2) is 14.2 Å². The molecule has 2 N–H and O–H groups in total. The minimum absolute atomic E-state index is 0.284. The average molecular weight is 558 g/mol. The van der Waals surface area contributed by atoms with Crippen molar-refractivity contribution in [2.45, 2.75) is 31.6 Å². The molecule has 1 fully saturated rings. The molecule has 2 heterocycles. The lowest BCUT2D eigenvalue weighted by Crippen LogP contribution is -2.43. The van der Waals surface area contributed by atoms with E-state index in [4.69, 9.17) is 15.2 Å². The number of carboxylic acids is 1. The van der Waals surface area contributed by atoms with Gasteiger partial charge in [0.25, 0.3) is 5.91 Å². The fourth-order valence-corrected chi connectivity index (χ4v) is 4.17. The Balaban J connectivity index is 0.000000559. The summed E-state index contributed by atoms with van der Waals surface area (Å²) in [6.07, 6.45) is -1.39. The average Bonchev–Trinajstić information content (AvgIpc) is 2.93. The highest BCUT2D eigenvalue weighted by Gasteiger charge is 2.38. The molecule has 1 amide bonds. The molecule has 4 rings (SSSR count). The highest BCUT2D eigenvalue weighted by Crippen LogP contribution is 2.24. The van der Waals surface area contributed by atoms with Gasteiger partial charge in [-0.15, -0.1) is 0 Å².